The molecule has 1 aromatic heterocycles. The number of methoxy groups -OCH3 is 1. The van der Waals surface area contributed by atoms with Gasteiger partial charge in [0.05, 0.1) is 11.8 Å². The number of rotatable bonds is 6. The standard InChI is InChI=1S/C22H15ClO6S/c1-26-15-6-2-13(3-7-15)20-17(10-11-18-21(20)30-22(25)29-18)28-19(24)12-27-16-8-4-14(23)5-9-16/h2-11H,12H2,1H3. The molecule has 0 unspecified atom stereocenters. The van der Waals surface area contributed by atoms with E-state index < -0.39 is 10.9 Å². The minimum absolute atomic E-state index is 0.288. The van der Waals surface area contributed by atoms with Gasteiger partial charge in [-0.05, 0) is 54.1 Å². The number of fused-ring (bicyclic) bond motifs is 1. The zero-order valence-corrected chi connectivity index (χ0v) is 17.3. The van der Waals surface area contributed by atoms with E-state index in [2.05, 4.69) is 0 Å². The summed E-state index contributed by atoms with van der Waals surface area (Å²) in [6, 6.07) is 17.1. The van der Waals surface area contributed by atoms with Crippen molar-refractivity contribution in [1.82, 2.24) is 0 Å². The smallest absolute Gasteiger partial charge is 0.396 e. The van der Waals surface area contributed by atoms with Gasteiger partial charge < -0.3 is 18.6 Å². The van der Waals surface area contributed by atoms with Gasteiger partial charge in [0, 0.05) is 10.6 Å². The van der Waals surface area contributed by atoms with Gasteiger partial charge in [0.1, 0.15) is 22.8 Å². The summed E-state index contributed by atoms with van der Waals surface area (Å²) < 4.78 is 22.0. The molecule has 4 aromatic rings. The van der Waals surface area contributed by atoms with Gasteiger partial charge in [0.25, 0.3) is 0 Å². The van der Waals surface area contributed by atoms with Gasteiger partial charge in [-0.25, -0.2) is 9.59 Å². The SMILES string of the molecule is COc1ccc(-c2c(OC(=O)COc3ccc(Cl)cc3)ccc3oc(=O)sc23)cc1. The van der Waals surface area contributed by atoms with Crippen LogP contribution >= 0.6 is 22.9 Å². The molecule has 4 rings (SSSR count). The van der Waals surface area contributed by atoms with Crippen LogP contribution < -0.4 is 19.1 Å². The fourth-order valence-corrected chi connectivity index (χ4v) is 3.82. The average Bonchev–Trinajstić information content (AvgIpc) is 3.13. The van der Waals surface area contributed by atoms with E-state index in [-0.39, 0.29) is 6.61 Å². The zero-order valence-electron chi connectivity index (χ0n) is 15.7. The summed E-state index contributed by atoms with van der Waals surface area (Å²) >= 11 is 6.79. The van der Waals surface area contributed by atoms with E-state index in [4.69, 9.17) is 30.2 Å². The number of esters is 1. The molecule has 0 N–H and O–H groups in total. The molecule has 0 saturated heterocycles. The maximum Gasteiger partial charge on any atom is 0.396 e. The van der Waals surface area contributed by atoms with Crippen LogP contribution in [0.3, 0.4) is 0 Å². The molecule has 0 aliphatic heterocycles. The number of ether oxygens (including phenoxy) is 3. The van der Waals surface area contributed by atoms with Crippen LogP contribution in [0.4, 0.5) is 0 Å². The Kier molecular flexibility index (Phi) is 5.74. The molecule has 30 heavy (non-hydrogen) atoms. The Labute approximate surface area is 180 Å². The van der Waals surface area contributed by atoms with Gasteiger partial charge in [-0.3, -0.25) is 0 Å². The fourth-order valence-electron chi connectivity index (χ4n) is 2.86. The molecule has 0 saturated carbocycles. The number of hydrogen-bond donors (Lipinski definition) is 0. The van der Waals surface area contributed by atoms with Gasteiger partial charge in [-0.2, -0.15) is 0 Å². The van der Waals surface area contributed by atoms with E-state index in [1.807, 2.05) is 12.1 Å². The summed E-state index contributed by atoms with van der Waals surface area (Å²) in [4.78, 5) is 23.8. The molecule has 0 fully saturated rings. The predicted molar refractivity (Wildman–Crippen MR) is 115 cm³/mol. The van der Waals surface area contributed by atoms with E-state index in [0.29, 0.717) is 38.1 Å². The number of hydrogen-bond acceptors (Lipinski definition) is 7. The lowest BCUT2D eigenvalue weighted by atomic mass is 10.0. The Balaban J connectivity index is 1.63. The van der Waals surface area contributed by atoms with Crippen LogP contribution in [0.1, 0.15) is 0 Å². The second kappa shape index (κ2) is 8.61. The van der Waals surface area contributed by atoms with Crippen molar-refractivity contribution < 1.29 is 23.4 Å². The number of carbonyl (C=O) groups is 1. The molecule has 0 amide bonds. The highest BCUT2D eigenvalue weighted by atomic mass is 35.5. The largest absolute Gasteiger partial charge is 0.497 e. The van der Waals surface area contributed by atoms with Crippen LogP contribution in [0.2, 0.25) is 5.02 Å². The number of benzene rings is 3. The maximum absolute atomic E-state index is 12.4. The van der Waals surface area contributed by atoms with Crippen molar-refractivity contribution in [3.05, 3.63) is 75.4 Å². The molecular weight excluding hydrogens is 428 g/mol. The quantitative estimate of drug-likeness (QED) is 0.303. The van der Waals surface area contributed by atoms with Crippen LogP contribution in [0.15, 0.2) is 69.9 Å². The van der Waals surface area contributed by atoms with E-state index in [1.165, 1.54) is 0 Å². The molecule has 0 radical (unpaired) electrons. The first-order valence-corrected chi connectivity index (χ1v) is 10.0. The summed E-state index contributed by atoms with van der Waals surface area (Å²) in [5.41, 5.74) is 1.76. The lowest BCUT2D eigenvalue weighted by Crippen LogP contribution is -2.18. The van der Waals surface area contributed by atoms with Crippen molar-refractivity contribution in [2.75, 3.05) is 13.7 Å². The second-order valence-electron chi connectivity index (χ2n) is 6.17. The molecule has 3 aromatic carbocycles. The molecule has 0 aliphatic rings. The Bertz CT molecular complexity index is 1240. The van der Waals surface area contributed by atoms with Gasteiger partial charge in [0.2, 0.25) is 0 Å². The number of halogens is 1. The van der Waals surface area contributed by atoms with Gasteiger partial charge in [0.15, 0.2) is 6.61 Å². The molecule has 6 nitrogen and oxygen atoms in total. The van der Waals surface area contributed by atoms with Crippen LogP contribution in [0, 0.1) is 0 Å². The minimum atomic E-state index is -0.588. The van der Waals surface area contributed by atoms with Gasteiger partial charge in [-0.15, -0.1) is 0 Å². The van der Waals surface area contributed by atoms with Crippen LogP contribution in [0.25, 0.3) is 21.4 Å². The molecule has 1 heterocycles. The lowest BCUT2D eigenvalue weighted by Gasteiger charge is -2.12. The summed E-state index contributed by atoms with van der Waals surface area (Å²) in [7, 11) is 1.57. The van der Waals surface area contributed by atoms with Crippen molar-refractivity contribution in [1.29, 1.82) is 0 Å². The lowest BCUT2D eigenvalue weighted by molar-refractivity contribution is -0.136. The first kappa shape index (κ1) is 20.0. The van der Waals surface area contributed by atoms with E-state index in [1.54, 1.807) is 55.6 Å². The van der Waals surface area contributed by atoms with Crippen molar-refractivity contribution in [3.8, 4) is 28.4 Å². The fraction of sp³-hybridized carbons (Fsp3) is 0.0909. The highest BCUT2D eigenvalue weighted by molar-refractivity contribution is 7.16. The average molecular weight is 443 g/mol. The maximum atomic E-state index is 12.4. The van der Waals surface area contributed by atoms with E-state index in [9.17, 15) is 9.59 Å². The van der Waals surface area contributed by atoms with Crippen molar-refractivity contribution >= 4 is 39.2 Å². The zero-order chi connectivity index (χ0) is 21.1. The Hall–Kier alpha value is -3.29. The third-order valence-corrected chi connectivity index (χ3v) is 5.35. The van der Waals surface area contributed by atoms with Crippen molar-refractivity contribution in [2.24, 2.45) is 0 Å². The third-order valence-electron chi connectivity index (χ3n) is 4.23. The Morgan fingerprint density at radius 3 is 2.40 bits per heavy atom. The molecule has 0 bridgehead atoms. The van der Waals surface area contributed by atoms with Crippen LogP contribution in [0.5, 0.6) is 17.2 Å². The Morgan fingerprint density at radius 2 is 1.70 bits per heavy atom. The number of carbonyl (C=O) groups excluding carboxylic acids is 1. The van der Waals surface area contributed by atoms with Crippen molar-refractivity contribution in [2.45, 2.75) is 0 Å². The van der Waals surface area contributed by atoms with Crippen LogP contribution in [-0.4, -0.2) is 19.7 Å². The highest BCUT2D eigenvalue weighted by Gasteiger charge is 2.18. The van der Waals surface area contributed by atoms with Crippen LogP contribution in [-0.2, 0) is 4.79 Å². The van der Waals surface area contributed by atoms with Gasteiger partial charge in [-0.1, -0.05) is 35.1 Å². The normalized spacial score (nSPS) is 10.7. The predicted octanol–water partition coefficient (Wildman–Crippen LogP) is 5.17. The molecule has 0 spiro atoms. The van der Waals surface area contributed by atoms with Crippen molar-refractivity contribution in [3.63, 3.8) is 0 Å². The monoisotopic (exact) mass is 442 g/mol. The topological polar surface area (TPSA) is 75.0 Å². The second-order valence-corrected chi connectivity index (χ2v) is 7.55. The summed E-state index contributed by atoms with van der Waals surface area (Å²) in [6.07, 6.45) is 0. The molecule has 8 heteroatoms. The first-order valence-electron chi connectivity index (χ1n) is 8.83. The first-order chi connectivity index (χ1) is 14.5. The summed E-state index contributed by atoms with van der Waals surface area (Å²) in [5.74, 6) is 0.890. The van der Waals surface area contributed by atoms with Gasteiger partial charge >= 0.3 is 10.9 Å². The molecule has 0 aliphatic carbocycles. The summed E-state index contributed by atoms with van der Waals surface area (Å²) in [5, 5.41) is 0.571. The summed E-state index contributed by atoms with van der Waals surface area (Å²) in [6.45, 7) is -0.288. The third kappa shape index (κ3) is 4.32. The molecule has 152 valence electrons. The highest BCUT2D eigenvalue weighted by Crippen LogP contribution is 2.39. The molecule has 0 atom stereocenters. The van der Waals surface area contributed by atoms with E-state index >= 15 is 0 Å². The Morgan fingerprint density at radius 1 is 1.00 bits per heavy atom. The van der Waals surface area contributed by atoms with E-state index in [0.717, 1.165) is 16.9 Å². The minimum Gasteiger partial charge on any atom is -0.497 e. The molecular formula is C22H15ClO6S.